The number of fused-ring (bicyclic) bond motifs is 6. The second kappa shape index (κ2) is 9.44. The molecule has 0 radical (unpaired) electrons. The third-order valence-corrected chi connectivity index (χ3v) is 7.22. The fourth-order valence-corrected chi connectivity index (χ4v) is 5.22. The van der Waals surface area contributed by atoms with E-state index in [0.29, 0.717) is 17.1 Å². The smallest absolute Gasteiger partial charge is 0.265 e. The third kappa shape index (κ3) is 4.95. The summed E-state index contributed by atoms with van der Waals surface area (Å²) in [4.78, 5) is 12.0. The van der Waals surface area contributed by atoms with Crippen LogP contribution in [0, 0.1) is 5.82 Å². The molecule has 3 aromatic rings. The van der Waals surface area contributed by atoms with Crippen molar-refractivity contribution in [3.05, 3.63) is 63.9 Å². The first kappa shape index (κ1) is 24.9. The maximum Gasteiger partial charge on any atom is 0.265 e. The summed E-state index contributed by atoms with van der Waals surface area (Å²) in [7, 11) is -3.13. The number of amides is 1. The number of phenols is 1. The molecule has 0 fully saturated rings. The van der Waals surface area contributed by atoms with E-state index in [2.05, 4.69) is 10.0 Å². The summed E-state index contributed by atoms with van der Waals surface area (Å²) < 4.78 is 54.5. The predicted molar refractivity (Wildman–Crippen MR) is 130 cm³/mol. The minimum Gasteiger partial charge on any atom is -0.505 e. The molecule has 0 aliphatic carbocycles. The minimum absolute atomic E-state index is 0.0123. The summed E-state index contributed by atoms with van der Waals surface area (Å²) in [6, 6.07) is 9.09. The fourth-order valence-electron chi connectivity index (χ4n) is 3.49. The van der Waals surface area contributed by atoms with Crippen LogP contribution < -0.4 is 19.5 Å². The number of aromatic hydroxyl groups is 1. The number of hydrogen-bond donors (Lipinski definition) is 3. The highest BCUT2D eigenvalue weighted by molar-refractivity contribution is 7.92. The Labute approximate surface area is 210 Å². The number of sulfonamides is 1. The summed E-state index contributed by atoms with van der Waals surface area (Å²) in [5.74, 6) is -1.62. The molecule has 1 aliphatic heterocycles. The maximum atomic E-state index is 14.8. The van der Waals surface area contributed by atoms with E-state index in [1.165, 1.54) is 13.2 Å². The molecule has 0 unspecified atom stereocenters. The number of hydrogen-bond acceptors (Lipinski definition) is 6. The first-order valence-corrected chi connectivity index (χ1v) is 12.4. The maximum absolute atomic E-state index is 14.8. The molecule has 35 heavy (non-hydrogen) atoms. The number of rotatable bonds is 1. The van der Waals surface area contributed by atoms with E-state index in [-0.39, 0.29) is 27.7 Å². The van der Waals surface area contributed by atoms with Crippen LogP contribution in [0.3, 0.4) is 0 Å². The van der Waals surface area contributed by atoms with Gasteiger partial charge in [-0.15, -0.1) is 0 Å². The highest BCUT2D eigenvalue weighted by Crippen LogP contribution is 2.41. The number of carbonyl (C=O) groups is 1. The molecule has 1 atom stereocenters. The van der Waals surface area contributed by atoms with Gasteiger partial charge >= 0.3 is 0 Å². The van der Waals surface area contributed by atoms with Crippen molar-refractivity contribution in [2.24, 2.45) is 0 Å². The molecule has 0 saturated carbocycles. The number of anilines is 1. The van der Waals surface area contributed by atoms with Crippen LogP contribution in [0.2, 0.25) is 10.0 Å². The molecule has 1 amide bonds. The molecule has 1 heterocycles. The van der Waals surface area contributed by atoms with E-state index < -0.39 is 44.2 Å². The van der Waals surface area contributed by atoms with Gasteiger partial charge < -0.3 is 19.9 Å². The Morgan fingerprint density at radius 2 is 1.86 bits per heavy atom. The van der Waals surface area contributed by atoms with E-state index in [4.69, 9.17) is 32.7 Å². The molecule has 3 aromatic carbocycles. The number of benzene rings is 3. The highest BCUT2D eigenvalue weighted by Gasteiger charge is 2.26. The van der Waals surface area contributed by atoms with E-state index in [1.54, 1.807) is 25.1 Å². The lowest BCUT2D eigenvalue weighted by Gasteiger charge is -2.20. The van der Waals surface area contributed by atoms with Crippen molar-refractivity contribution in [3.8, 4) is 28.4 Å². The Morgan fingerprint density at radius 1 is 1.11 bits per heavy atom. The molecule has 0 saturated heterocycles. The van der Waals surface area contributed by atoms with Gasteiger partial charge in [0.1, 0.15) is 28.3 Å². The summed E-state index contributed by atoms with van der Waals surface area (Å²) in [6.07, 6.45) is -0.538. The average molecular weight is 541 g/mol. The Hall–Kier alpha value is -3.21. The van der Waals surface area contributed by atoms with Crippen molar-refractivity contribution < 1.29 is 32.2 Å². The van der Waals surface area contributed by atoms with Crippen LogP contribution in [0.1, 0.15) is 17.3 Å². The Bertz CT molecular complexity index is 1450. The minimum atomic E-state index is -4.59. The van der Waals surface area contributed by atoms with Crippen LogP contribution in [-0.4, -0.2) is 39.2 Å². The van der Waals surface area contributed by atoms with Crippen LogP contribution in [0.5, 0.6) is 17.2 Å². The largest absolute Gasteiger partial charge is 0.505 e. The van der Waals surface area contributed by atoms with Gasteiger partial charge in [0.25, 0.3) is 15.9 Å². The quantitative estimate of drug-likeness (QED) is 0.407. The van der Waals surface area contributed by atoms with E-state index >= 15 is 0 Å². The fraction of sp³-hybridized carbons (Fsp3) is 0.174. The summed E-state index contributed by atoms with van der Waals surface area (Å²) >= 11 is 12.3. The first-order chi connectivity index (χ1) is 16.5. The molecule has 8 nitrogen and oxygen atoms in total. The third-order valence-electron chi connectivity index (χ3n) is 5.24. The lowest BCUT2D eigenvalue weighted by molar-refractivity contribution is 0.0932. The number of methoxy groups -OCH3 is 1. The Morgan fingerprint density at radius 3 is 2.57 bits per heavy atom. The molecule has 184 valence electrons. The zero-order chi connectivity index (χ0) is 25.5. The SMILES string of the molecule is COc1ccc2c(c1)-c1cc(c(F)cc1Cl)NS(=O)(=O)c1cc(cc(Cl)c1O)C(=O)NC[C@H](C)O2. The molecule has 0 spiro atoms. The van der Waals surface area contributed by atoms with Gasteiger partial charge in [0.05, 0.1) is 29.4 Å². The van der Waals surface area contributed by atoms with Gasteiger partial charge in [-0.05, 0) is 49.4 Å². The van der Waals surface area contributed by atoms with Crippen LogP contribution in [-0.2, 0) is 10.0 Å². The second-order valence-electron chi connectivity index (χ2n) is 7.72. The van der Waals surface area contributed by atoms with Crippen LogP contribution in [0.4, 0.5) is 10.1 Å². The van der Waals surface area contributed by atoms with E-state index in [0.717, 1.165) is 18.2 Å². The molecule has 4 bridgehead atoms. The average Bonchev–Trinajstić information content (AvgIpc) is 2.80. The van der Waals surface area contributed by atoms with Crippen LogP contribution >= 0.6 is 23.2 Å². The zero-order valence-electron chi connectivity index (χ0n) is 18.4. The number of carbonyl (C=O) groups excluding carboxylic acids is 1. The topological polar surface area (TPSA) is 114 Å². The van der Waals surface area contributed by atoms with Crippen LogP contribution in [0.25, 0.3) is 11.1 Å². The molecule has 12 heteroatoms. The summed E-state index contributed by atoms with van der Waals surface area (Å²) in [5.41, 5.74) is 0.0696. The van der Waals surface area contributed by atoms with E-state index in [1.807, 2.05) is 0 Å². The molecule has 1 aliphatic rings. The van der Waals surface area contributed by atoms with Crippen molar-refractivity contribution in [2.75, 3.05) is 18.4 Å². The molecule has 4 rings (SSSR count). The van der Waals surface area contributed by atoms with Crippen molar-refractivity contribution in [2.45, 2.75) is 17.9 Å². The number of halogens is 3. The standard InChI is InChI=1S/C23H19Cl2FN2O6S/c1-11-10-27-23(30)12-5-17(25)22(29)21(6-12)35(31,32)28-19-8-14(16(24)9-18(19)26)15-7-13(33-2)3-4-20(15)34-11/h3-9,11,28-29H,10H2,1-2H3,(H,27,30)/t11-/m0/s1. The Balaban J connectivity index is 1.97. The molecular formula is C23H19Cl2FN2O6S. The Kier molecular flexibility index (Phi) is 6.72. The van der Waals surface area contributed by atoms with Gasteiger partial charge in [-0.2, -0.15) is 0 Å². The summed E-state index contributed by atoms with van der Waals surface area (Å²) in [6.45, 7) is 1.76. The number of ether oxygens (including phenoxy) is 2. The van der Waals surface area contributed by atoms with Crippen molar-refractivity contribution in [1.82, 2.24) is 5.32 Å². The van der Waals surface area contributed by atoms with Gasteiger partial charge in [0.2, 0.25) is 0 Å². The second-order valence-corrected chi connectivity index (χ2v) is 10.2. The lowest BCUT2D eigenvalue weighted by Crippen LogP contribution is -2.33. The normalized spacial score (nSPS) is 17.1. The number of phenolic OH excluding ortho intramolecular Hbond substituents is 1. The zero-order valence-corrected chi connectivity index (χ0v) is 20.7. The number of nitrogens with one attached hydrogen (secondary N) is 2. The van der Waals surface area contributed by atoms with Gasteiger partial charge in [-0.3, -0.25) is 9.52 Å². The summed E-state index contributed by atoms with van der Waals surface area (Å²) in [5, 5.41) is 12.6. The van der Waals surface area contributed by atoms with Crippen molar-refractivity contribution >= 4 is 44.8 Å². The van der Waals surface area contributed by atoms with E-state index in [9.17, 15) is 22.7 Å². The lowest BCUT2D eigenvalue weighted by atomic mass is 10.0. The van der Waals surface area contributed by atoms with Gasteiger partial charge in [0.15, 0.2) is 5.75 Å². The van der Waals surface area contributed by atoms with Gasteiger partial charge in [-0.25, -0.2) is 12.8 Å². The predicted octanol–water partition coefficient (Wildman–Crippen LogP) is 4.83. The van der Waals surface area contributed by atoms with Gasteiger partial charge in [0, 0.05) is 16.7 Å². The van der Waals surface area contributed by atoms with Gasteiger partial charge in [-0.1, -0.05) is 23.2 Å². The van der Waals surface area contributed by atoms with Crippen molar-refractivity contribution in [1.29, 1.82) is 0 Å². The van der Waals surface area contributed by atoms with Crippen molar-refractivity contribution in [3.63, 3.8) is 0 Å². The molecule has 3 N–H and O–H groups in total. The first-order valence-electron chi connectivity index (χ1n) is 10.2. The highest BCUT2D eigenvalue weighted by atomic mass is 35.5. The monoisotopic (exact) mass is 540 g/mol. The van der Waals surface area contributed by atoms with Crippen LogP contribution in [0.15, 0.2) is 47.4 Å². The molecular weight excluding hydrogens is 522 g/mol. The molecule has 0 aromatic heterocycles.